The molecule has 1 aromatic rings. The van der Waals surface area contributed by atoms with Crippen molar-refractivity contribution in [3.05, 3.63) is 90.9 Å². The second-order valence-electron chi connectivity index (χ2n) is 12.1. The van der Waals surface area contributed by atoms with Crippen molar-refractivity contribution in [3.63, 3.8) is 0 Å². The van der Waals surface area contributed by atoms with Gasteiger partial charge in [0.15, 0.2) is 6.10 Å². The minimum absolute atomic E-state index is 0.0417. The lowest BCUT2D eigenvalue weighted by Crippen LogP contribution is -2.49. The average molecular weight is 743 g/mol. The Bertz CT molecular complexity index is 1280. The fraction of sp³-hybridized carbons (Fsp3) is 0.513. The lowest BCUT2D eigenvalue weighted by molar-refractivity contribution is -0.153. The number of nitrogens with zero attached hydrogens (tertiary/aromatic N) is 1. The van der Waals surface area contributed by atoms with Gasteiger partial charge in [-0.3, -0.25) is 14.4 Å². The molecule has 0 aliphatic heterocycles. The first kappa shape index (κ1) is 45.4. The molecule has 1 heterocycles. The largest absolute Gasteiger partial charge is 0.465 e. The van der Waals surface area contributed by atoms with Crippen molar-refractivity contribution in [2.45, 2.75) is 84.7 Å². The molecular formula is C39H58N4O6S2. The van der Waals surface area contributed by atoms with E-state index >= 15 is 0 Å². The molecule has 12 heteroatoms. The number of hydrogen-bond donors (Lipinski definition) is 3. The fourth-order valence-electron chi connectivity index (χ4n) is 4.24. The van der Waals surface area contributed by atoms with Crippen LogP contribution >= 0.6 is 21.6 Å². The summed E-state index contributed by atoms with van der Waals surface area (Å²) in [6, 6.07) is 4.78. The van der Waals surface area contributed by atoms with Crippen LogP contribution < -0.4 is 16.4 Å². The number of rotatable bonds is 28. The van der Waals surface area contributed by atoms with Gasteiger partial charge in [0.1, 0.15) is 12.3 Å². The molecule has 0 aliphatic carbocycles. The standard InChI is InChI=1S/C39H58N4O6S2/c1-4-5-6-7-8-9-10-11-12-13-14-15-16-17-18-19-20-24-35(45)48-32-39(2,3)36(49-38(47)33-23-21-22-27-41-33)37(46)43-28-25-34(44)42-29-31-51-50-30-26-40/h5-6,8-9,11-12,14-15,17-18,21-23,27,36H,4,7,10,13,16,19-20,24-26,28-32,40H2,1-3H3,(H,42,44)(H,43,46). The number of esters is 2. The quantitative estimate of drug-likeness (QED) is 0.0353. The maximum atomic E-state index is 13.3. The minimum atomic E-state index is -1.31. The summed E-state index contributed by atoms with van der Waals surface area (Å²) in [5.74, 6) is -0.403. The third-order valence-corrected chi connectivity index (χ3v) is 9.44. The van der Waals surface area contributed by atoms with Crippen LogP contribution in [-0.4, -0.2) is 72.6 Å². The summed E-state index contributed by atoms with van der Waals surface area (Å²) < 4.78 is 11.1. The lowest BCUT2D eigenvalue weighted by Gasteiger charge is -2.32. The number of carbonyl (C=O) groups excluding carboxylic acids is 4. The molecule has 0 aromatic carbocycles. The Morgan fingerprint density at radius 3 is 2.08 bits per heavy atom. The highest BCUT2D eigenvalue weighted by Crippen LogP contribution is 2.26. The summed E-state index contributed by atoms with van der Waals surface area (Å²) in [7, 11) is 3.28. The van der Waals surface area contributed by atoms with Crippen LogP contribution in [0.25, 0.3) is 0 Å². The molecule has 51 heavy (non-hydrogen) atoms. The number of pyridine rings is 1. The Kier molecular flexibility index (Phi) is 26.8. The van der Waals surface area contributed by atoms with Gasteiger partial charge in [0.2, 0.25) is 5.91 Å². The van der Waals surface area contributed by atoms with Gasteiger partial charge in [-0.05, 0) is 57.1 Å². The van der Waals surface area contributed by atoms with Gasteiger partial charge in [-0.2, -0.15) is 0 Å². The molecule has 0 radical (unpaired) electrons. The molecule has 1 unspecified atom stereocenters. The normalized spacial score (nSPS) is 12.7. The molecule has 4 N–H and O–H groups in total. The maximum absolute atomic E-state index is 13.3. The van der Waals surface area contributed by atoms with Gasteiger partial charge in [0.25, 0.3) is 5.91 Å². The zero-order valence-electron chi connectivity index (χ0n) is 30.6. The van der Waals surface area contributed by atoms with Crippen LogP contribution in [0.15, 0.2) is 85.2 Å². The second kappa shape index (κ2) is 30.1. The Balaban J connectivity index is 2.49. The van der Waals surface area contributed by atoms with E-state index < -0.39 is 29.4 Å². The van der Waals surface area contributed by atoms with Crippen molar-refractivity contribution >= 4 is 45.3 Å². The number of nitrogens with two attached hydrogens (primary N) is 1. The van der Waals surface area contributed by atoms with Crippen molar-refractivity contribution in [1.29, 1.82) is 0 Å². The predicted octanol–water partition coefficient (Wildman–Crippen LogP) is 7.06. The molecule has 1 rings (SSSR count). The van der Waals surface area contributed by atoms with E-state index in [-0.39, 0.29) is 37.6 Å². The summed E-state index contributed by atoms with van der Waals surface area (Å²) in [6.07, 6.45) is 27.9. The van der Waals surface area contributed by atoms with Crippen LogP contribution in [0.3, 0.4) is 0 Å². The van der Waals surface area contributed by atoms with E-state index in [9.17, 15) is 19.2 Å². The number of nitrogens with one attached hydrogen (secondary N) is 2. The highest BCUT2D eigenvalue weighted by atomic mass is 33.1. The van der Waals surface area contributed by atoms with Gasteiger partial charge in [-0.1, -0.05) is 109 Å². The van der Waals surface area contributed by atoms with Gasteiger partial charge >= 0.3 is 11.9 Å². The third-order valence-electron chi connectivity index (χ3n) is 7.00. The molecule has 1 aromatic heterocycles. The summed E-state index contributed by atoms with van der Waals surface area (Å²) >= 11 is 0. The van der Waals surface area contributed by atoms with Gasteiger partial charge in [0.05, 0.1) is 0 Å². The number of hydrogen-bond acceptors (Lipinski definition) is 10. The first-order valence-corrected chi connectivity index (χ1v) is 20.2. The summed E-state index contributed by atoms with van der Waals surface area (Å²) in [6.45, 7) is 6.49. The van der Waals surface area contributed by atoms with Crippen molar-refractivity contribution in [1.82, 2.24) is 15.6 Å². The topological polar surface area (TPSA) is 150 Å². The molecule has 10 nitrogen and oxygen atoms in total. The van der Waals surface area contributed by atoms with Crippen molar-refractivity contribution < 1.29 is 28.7 Å². The Morgan fingerprint density at radius 2 is 1.47 bits per heavy atom. The monoisotopic (exact) mass is 742 g/mol. The minimum Gasteiger partial charge on any atom is -0.465 e. The number of unbranched alkanes of at least 4 members (excludes halogenated alkanes) is 1. The SMILES string of the molecule is CCC=CCC=CCC=CCC=CCC=CCCCC(=O)OCC(C)(C)C(OC(=O)c1ccccn1)C(=O)NCCC(=O)NCCSSCCN. The van der Waals surface area contributed by atoms with E-state index in [0.29, 0.717) is 19.5 Å². The van der Waals surface area contributed by atoms with Crippen LogP contribution in [0.1, 0.15) is 89.0 Å². The number of allylic oxidation sites excluding steroid dienone is 10. The van der Waals surface area contributed by atoms with Crippen LogP contribution in [0, 0.1) is 5.41 Å². The molecule has 0 saturated carbocycles. The number of ether oxygens (including phenoxy) is 2. The van der Waals surface area contributed by atoms with Crippen LogP contribution in [0.5, 0.6) is 0 Å². The van der Waals surface area contributed by atoms with Gasteiger partial charge in [-0.15, -0.1) is 0 Å². The highest BCUT2D eigenvalue weighted by molar-refractivity contribution is 8.76. The molecule has 282 valence electrons. The number of aromatic nitrogens is 1. The second-order valence-corrected chi connectivity index (χ2v) is 14.8. The Hall–Kier alpha value is -3.61. The van der Waals surface area contributed by atoms with E-state index in [1.807, 2.05) is 6.08 Å². The molecule has 0 spiro atoms. The van der Waals surface area contributed by atoms with E-state index in [1.54, 1.807) is 47.6 Å². The zero-order chi connectivity index (χ0) is 37.4. The van der Waals surface area contributed by atoms with Crippen LogP contribution in [0.4, 0.5) is 0 Å². The van der Waals surface area contributed by atoms with E-state index in [1.165, 1.54) is 12.3 Å². The first-order valence-electron chi connectivity index (χ1n) is 17.7. The predicted molar refractivity (Wildman–Crippen MR) is 211 cm³/mol. The lowest BCUT2D eigenvalue weighted by atomic mass is 9.86. The summed E-state index contributed by atoms with van der Waals surface area (Å²) in [5, 5.41) is 5.50. The van der Waals surface area contributed by atoms with E-state index in [4.69, 9.17) is 15.2 Å². The molecule has 0 bridgehead atoms. The van der Waals surface area contributed by atoms with Gasteiger partial charge in [0, 0.05) is 55.6 Å². The zero-order valence-corrected chi connectivity index (χ0v) is 32.2. The summed E-state index contributed by atoms with van der Waals surface area (Å²) in [4.78, 5) is 54.9. The van der Waals surface area contributed by atoms with Crippen LogP contribution in [0.2, 0.25) is 0 Å². The first-order chi connectivity index (χ1) is 24.7. The molecule has 1 atom stereocenters. The number of carbonyl (C=O) groups is 4. The third kappa shape index (κ3) is 24.3. The fourth-order valence-corrected chi connectivity index (χ4v) is 6.01. The molecule has 0 aliphatic rings. The maximum Gasteiger partial charge on any atom is 0.357 e. The Labute approximate surface area is 313 Å². The van der Waals surface area contributed by atoms with Crippen molar-refractivity contribution in [2.24, 2.45) is 11.1 Å². The van der Waals surface area contributed by atoms with Gasteiger partial charge in [-0.25, -0.2) is 9.78 Å². The molecule has 0 fully saturated rings. The number of amides is 2. The van der Waals surface area contributed by atoms with Crippen LogP contribution in [-0.2, 0) is 23.9 Å². The van der Waals surface area contributed by atoms with E-state index in [2.05, 4.69) is 77.2 Å². The Morgan fingerprint density at radius 1 is 0.843 bits per heavy atom. The van der Waals surface area contributed by atoms with Crippen molar-refractivity contribution in [3.8, 4) is 0 Å². The molecule has 0 saturated heterocycles. The average Bonchev–Trinajstić information content (AvgIpc) is 3.12. The molecular weight excluding hydrogens is 685 g/mol. The van der Waals surface area contributed by atoms with Gasteiger partial charge < -0.3 is 25.8 Å². The summed E-state index contributed by atoms with van der Waals surface area (Å²) in [5.41, 5.74) is 4.44. The smallest absolute Gasteiger partial charge is 0.357 e. The van der Waals surface area contributed by atoms with Crippen molar-refractivity contribution in [2.75, 3.05) is 37.7 Å². The molecule has 2 amide bonds. The van der Waals surface area contributed by atoms with E-state index in [0.717, 1.165) is 50.0 Å². The highest BCUT2D eigenvalue weighted by Gasteiger charge is 2.40.